The predicted octanol–water partition coefficient (Wildman–Crippen LogP) is 5.71. The number of aryl methyl sites for hydroxylation is 1. The summed E-state index contributed by atoms with van der Waals surface area (Å²) < 4.78 is 39.6. The zero-order valence-corrected chi connectivity index (χ0v) is 20.9. The molecule has 1 saturated heterocycles. The highest BCUT2D eigenvalue weighted by molar-refractivity contribution is 7.18. The van der Waals surface area contributed by atoms with Crippen LogP contribution in [0.5, 0.6) is 0 Å². The van der Waals surface area contributed by atoms with Crippen LogP contribution < -0.4 is 10.6 Å². The lowest BCUT2D eigenvalue weighted by Crippen LogP contribution is -2.40. The number of nitrogens with zero attached hydrogens (tertiary/aromatic N) is 6. The van der Waals surface area contributed by atoms with Gasteiger partial charge < -0.3 is 10.6 Å². The van der Waals surface area contributed by atoms with Crippen LogP contribution in [0.1, 0.15) is 56.3 Å². The predicted molar refractivity (Wildman–Crippen MR) is 133 cm³/mol. The van der Waals surface area contributed by atoms with Gasteiger partial charge in [-0.05, 0) is 45.2 Å². The van der Waals surface area contributed by atoms with Gasteiger partial charge in [0.2, 0.25) is 5.95 Å². The first-order chi connectivity index (χ1) is 17.3. The first-order valence-corrected chi connectivity index (χ1v) is 13.1. The molecular formula is C24H29F3N8S. The molecule has 1 aliphatic heterocycles. The van der Waals surface area contributed by atoms with E-state index in [-0.39, 0.29) is 13.0 Å². The van der Waals surface area contributed by atoms with Crippen molar-refractivity contribution in [2.24, 2.45) is 0 Å². The van der Waals surface area contributed by atoms with Crippen molar-refractivity contribution in [2.75, 3.05) is 17.2 Å². The van der Waals surface area contributed by atoms with Crippen LogP contribution in [-0.4, -0.2) is 54.6 Å². The Hall–Kier alpha value is -2.86. The van der Waals surface area contributed by atoms with Gasteiger partial charge in [0.15, 0.2) is 10.9 Å². The van der Waals surface area contributed by atoms with Crippen LogP contribution in [0.25, 0.3) is 10.6 Å². The van der Waals surface area contributed by atoms with E-state index < -0.39 is 12.2 Å². The van der Waals surface area contributed by atoms with Crippen LogP contribution in [-0.2, 0) is 6.54 Å². The molecule has 3 aromatic rings. The Morgan fingerprint density at radius 2 is 1.83 bits per heavy atom. The third-order valence-corrected chi connectivity index (χ3v) is 7.53. The van der Waals surface area contributed by atoms with E-state index in [1.54, 1.807) is 6.20 Å². The molecule has 4 heterocycles. The number of likely N-dealkylation sites (tertiary alicyclic amines) is 1. The fourth-order valence-electron chi connectivity index (χ4n) is 4.84. The van der Waals surface area contributed by atoms with E-state index in [1.165, 1.54) is 47.9 Å². The van der Waals surface area contributed by atoms with E-state index in [0.717, 1.165) is 29.1 Å². The highest BCUT2D eigenvalue weighted by Crippen LogP contribution is 2.34. The number of aromatic nitrogens is 5. The van der Waals surface area contributed by atoms with Crippen molar-refractivity contribution in [2.45, 2.75) is 76.7 Å². The van der Waals surface area contributed by atoms with E-state index in [4.69, 9.17) is 4.98 Å². The van der Waals surface area contributed by atoms with E-state index in [9.17, 15) is 13.2 Å². The summed E-state index contributed by atoms with van der Waals surface area (Å²) in [5.41, 5.74) is 2.19. The van der Waals surface area contributed by atoms with Crippen LogP contribution in [0.2, 0.25) is 0 Å². The molecular weight excluding hydrogens is 489 g/mol. The Labute approximate surface area is 211 Å². The van der Waals surface area contributed by atoms with Crippen LogP contribution in [0.4, 0.5) is 30.1 Å². The van der Waals surface area contributed by atoms with Crippen molar-refractivity contribution >= 4 is 28.2 Å². The maximum atomic E-state index is 13.2. The first kappa shape index (κ1) is 24.8. The van der Waals surface area contributed by atoms with Gasteiger partial charge in [-0.1, -0.05) is 30.6 Å². The molecule has 5 rings (SSSR count). The van der Waals surface area contributed by atoms with E-state index in [1.807, 2.05) is 13.0 Å². The summed E-state index contributed by atoms with van der Waals surface area (Å²) in [6.07, 6.45) is 7.28. The van der Waals surface area contributed by atoms with Gasteiger partial charge >= 0.3 is 6.18 Å². The van der Waals surface area contributed by atoms with Crippen molar-refractivity contribution in [1.82, 2.24) is 29.8 Å². The summed E-state index contributed by atoms with van der Waals surface area (Å²) in [5, 5.41) is 7.23. The summed E-state index contributed by atoms with van der Waals surface area (Å²) >= 11 is 1.44. The number of rotatable bonds is 7. The fraction of sp³-hybridized carbons (Fsp3) is 0.542. The number of halogens is 3. The summed E-state index contributed by atoms with van der Waals surface area (Å²) in [6.45, 7) is 2.49. The molecule has 2 N–H and O–H groups in total. The number of alkyl halides is 3. The molecule has 2 aliphatic rings. The summed E-state index contributed by atoms with van der Waals surface area (Å²) in [7, 11) is 0. The number of nitrogens with one attached hydrogen (secondary N) is 2. The number of hydrogen-bond acceptors (Lipinski definition) is 9. The molecule has 2 fully saturated rings. The van der Waals surface area contributed by atoms with Crippen LogP contribution in [0.15, 0.2) is 24.7 Å². The minimum Gasteiger partial charge on any atom is -0.351 e. The molecule has 1 aliphatic carbocycles. The third-order valence-electron chi connectivity index (χ3n) is 6.60. The minimum atomic E-state index is -4.22. The van der Waals surface area contributed by atoms with Gasteiger partial charge in [-0.15, -0.1) is 0 Å². The maximum absolute atomic E-state index is 13.2. The Kier molecular flexibility index (Phi) is 7.33. The first-order valence-electron chi connectivity index (χ1n) is 12.3. The molecule has 0 radical (unpaired) electrons. The van der Waals surface area contributed by atoms with Crippen LogP contribution in [0.3, 0.4) is 0 Å². The van der Waals surface area contributed by atoms with Gasteiger partial charge in [-0.3, -0.25) is 9.88 Å². The molecule has 1 atom stereocenters. The van der Waals surface area contributed by atoms with Crippen molar-refractivity contribution in [1.29, 1.82) is 0 Å². The molecule has 0 amide bonds. The van der Waals surface area contributed by atoms with Gasteiger partial charge in [0.05, 0.1) is 28.7 Å². The Morgan fingerprint density at radius 1 is 1.00 bits per heavy atom. The second kappa shape index (κ2) is 10.6. The van der Waals surface area contributed by atoms with Gasteiger partial charge in [-0.2, -0.15) is 13.2 Å². The Morgan fingerprint density at radius 3 is 2.58 bits per heavy atom. The SMILES string of the molecule is Cc1cc(-c2cnc(Nc3cnc(CN4CCCC4C(F)(F)F)cn3)s2)nc(NC2CCCCC2)n1. The monoisotopic (exact) mass is 518 g/mol. The zero-order valence-electron chi connectivity index (χ0n) is 20.1. The average molecular weight is 519 g/mol. The number of anilines is 3. The molecule has 0 aromatic carbocycles. The smallest absolute Gasteiger partial charge is 0.351 e. The number of thiazole rings is 1. The van der Waals surface area contributed by atoms with Crippen molar-refractivity contribution in [3.63, 3.8) is 0 Å². The maximum Gasteiger partial charge on any atom is 0.404 e. The second-order valence-corrected chi connectivity index (χ2v) is 10.4. The van der Waals surface area contributed by atoms with Gasteiger partial charge in [0.25, 0.3) is 0 Å². The van der Waals surface area contributed by atoms with Gasteiger partial charge in [0, 0.05) is 24.5 Å². The average Bonchev–Trinajstić information content (AvgIpc) is 3.50. The third kappa shape index (κ3) is 6.09. The Bertz CT molecular complexity index is 1160. The van der Waals surface area contributed by atoms with E-state index in [0.29, 0.717) is 41.6 Å². The Balaban J connectivity index is 1.22. The topological polar surface area (TPSA) is 91.8 Å². The molecule has 1 unspecified atom stereocenters. The summed E-state index contributed by atoms with van der Waals surface area (Å²) in [6, 6.07) is 0.943. The lowest BCUT2D eigenvalue weighted by molar-refractivity contribution is -0.177. The molecule has 36 heavy (non-hydrogen) atoms. The fourth-order valence-corrected chi connectivity index (χ4v) is 5.63. The summed E-state index contributed by atoms with van der Waals surface area (Å²) in [4.78, 5) is 24.7. The molecule has 0 spiro atoms. The molecule has 1 saturated carbocycles. The molecule has 0 bridgehead atoms. The van der Waals surface area contributed by atoms with Crippen molar-refractivity contribution in [3.8, 4) is 10.6 Å². The van der Waals surface area contributed by atoms with Crippen molar-refractivity contribution in [3.05, 3.63) is 36.0 Å². The van der Waals surface area contributed by atoms with Crippen molar-refractivity contribution < 1.29 is 13.2 Å². The van der Waals surface area contributed by atoms with E-state index >= 15 is 0 Å². The largest absolute Gasteiger partial charge is 0.404 e. The van der Waals surface area contributed by atoms with Crippen LogP contribution in [0, 0.1) is 6.92 Å². The minimum absolute atomic E-state index is 0.128. The van der Waals surface area contributed by atoms with Gasteiger partial charge in [-0.25, -0.2) is 19.9 Å². The number of hydrogen-bond donors (Lipinski definition) is 2. The normalized spacial score (nSPS) is 19.5. The highest BCUT2D eigenvalue weighted by Gasteiger charge is 2.45. The standard InChI is InChI=1S/C24H29F3N8S/c1-15-10-18(33-22(31-15)32-16-6-3-2-4-7-16)19-12-30-23(36-19)34-21-13-28-17(11-29-21)14-35-9-5-8-20(35)24(25,26)27/h10-13,16,20H,2-9,14H2,1H3,(H,29,30,34)(H,31,32,33). The lowest BCUT2D eigenvalue weighted by atomic mass is 9.96. The lowest BCUT2D eigenvalue weighted by Gasteiger charge is -2.25. The quantitative estimate of drug-likeness (QED) is 0.411. The second-order valence-electron chi connectivity index (χ2n) is 9.42. The molecule has 3 aromatic heterocycles. The van der Waals surface area contributed by atoms with Gasteiger partial charge in [0.1, 0.15) is 6.04 Å². The molecule has 192 valence electrons. The highest BCUT2D eigenvalue weighted by atomic mass is 32.1. The summed E-state index contributed by atoms with van der Waals surface area (Å²) in [5.74, 6) is 1.12. The van der Waals surface area contributed by atoms with E-state index in [2.05, 4.69) is 30.6 Å². The molecule has 8 nitrogen and oxygen atoms in total. The van der Waals surface area contributed by atoms with Crippen LogP contribution >= 0.6 is 11.3 Å². The zero-order chi connectivity index (χ0) is 25.1. The molecule has 12 heteroatoms.